The average Bonchev–Trinajstić information content (AvgIpc) is 2.56. The molecule has 2 aromatic rings. The summed E-state index contributed by atoms with van der Waals surface area (Å²) in [5, 5.41) is 10.5. The molecule has 0 radical (unpaired) electrons. The molecular weight excluding hydrogens is 216 g/mol. The molecule has 2 nitrogen and oxygen atoms in total. The number of thiophene rings is 1. The van der Waals surface area contributed by atoms with Gasteiger partial charge in [-0.1, -0.05) is 6.07 Å². The Bertz CT molecular complexity index is 488. The van der Waals surface area contributed by atoms with Gasteiger partial charge in [0.25, 0.3) is 0 Å². The molecular formula is C10H8O2S2. The molecule has 2 rings (SSSR count). The van der Waals surface area contributed by atoms with Crippen molar-refractivity contribution in [2.24, 2.45) is 0 Å². The molecule has 1 aromatic heterocycles. The highest BCUT2D eigenvalue weighted by Gasteiger charge is 2.13. The molecule has 1 aromatic carbocycles. The Kier molecular flexibility index (Phi) is 2.48. The number of thioether (sulfide) groups is 1. The van der Waals surface area contributed by atoms with Crippen molar-refractivity contribution in [1.82, 2.24) is 0 Å². The number of rotatable bonds is 2. The summed E-state index contributed by atoms with van der Waals surface area (Å²) in [7, 11) is 0. The van der Waals surface area contributed by atoms with Crippen LogP contribution in [0.3, 0.4) is 0 Å². The van der Waals surface area contributed by atoms with Gasteiger partial charge in [0.05, 0.1) is 4.88 Å². The van der Waals surface area contributed by atoms with Crippen molar-refractivity contribution in [3.05, 3.63) is 23.1 Å². The van der Waals surface area contributed by atoms with Gasteiger partial charge in [0.1, 0.15) is 5.75 Å². The smallest absolute Gasteiger partial charge is 0.161 e. The van der Waals surface area contributed by atoms with Crippen LogP contribution in [0, 0.1) is 0 Å². The van der Waals surface area contributed by atoms with Crippen molar-refractivity contribution in [1.29, 1.82) is 0 Å². The van der Waals surface area contributed by atoms with Crippen LogP contribution >= 0.6 is 23.1 Å². The minimum absolute atomic E-state index is 0.246. The van der Waals surface area contributed by atoms with Crippen molar-refractivity contribution in [2.75, 3.05) is 6.26 Å². The normalized spacial score (nSPS) is 10.6. The van der Waals surface area contributed by atoms with E-state index >= 15 is 0 Å². The number of aromatic hydroxyl groups is 1. The van der Waals surface area contributed by atoms with Crippen LogP contribution in [0.25, 0.3) is 10.1 Å². The first-order valence-corrected chi connectivity index (χ1v) is 6.05. The SMILES string of the molecule is CSc1c(C=O)sc2cccc(O)c12. The zero-order valence-corrected chi connectivity index (χ0v) is 9.11. The second-order valence-corrected chi connectivity index (χ2v) is 4.67. The predicted octanol–water partition coefficient (Wildman–Crippen LogP) is 3.14. The Labute approximate surface area is 89.6 Å². The van der Waals surface area contributed by atoms with Crippen LogP contribution in [0.15, 0.2) is 23.1 Å². The van der Waals surface area contributed by atoms with Crippen LogP contribution in [0.5, 0.6) is 5.75 Å². The van der Waals surface area contributed by atoms with E-state index in [1.54, 1.807) is 12.1 Å². The molecule has 0 saturated carbocycles. The van der Waals surface area contributed by atoms with Gasteiger partial charge < -0.3 is 5.11 Å². The van der Waals surface area contributed by atoms with Crippen molar-refractivity contribution in [3.8, 4) is 5.75 Å². The Morgan fingerprint density at radius 2 is 2.29 bits per heavy atom. The fourth-order valence-corrected chi connectivity index (χ4v) is 3.44. The summed E-state index contributed by atoms with van der Waals surface area (Å²) in [6.45, 7) is 0. The summed E-state index contributed by atoms with van der Waals surface area (Å²) in [6, 6.07) is 5.34. The zero-order chi connectivity index (χ0) is 10.1. The van der Waals surface area contributed by atoms with Gasteiger partial charge in [-0.2, -0.15) is 0 Å². The Morgan fingerprint density at radius 3 is 2.93 bits per heavy atom. The van der Waals surface area contributed by atoms with E-state index in [0.717, 1.165) is 21.3 Å². The lowest BCUT2D eigenvalue weighted by atomic mass is 10.2. The van der Waals surface area contributed by atoms with Gasteiger partial charge in [-0.3, -0.25) is 4.79 Å². The largest absolute Gasteiger partial charge is 0.507 e. The van der Waals surface area contributed by atoms with Crippen LogP contribution in [-0.4, -0.2) is 17.6 Å². The molecule has 0 aliphatic rings. The lowest BCUT2D eigenvalue weighted by molar-refractivity contribution is 0.112. The number of phenolic OH excluding ortho intramolecular Hbond substituents is 1. The summed E-state index contributed by atoms with van der Waals surface area (Å²) in [6.07, 6.45) is 2.75. The van der Waals surface area contributed by atoms with E-state index < -0.39 is 0 Å². The maximum atomic E-state index is 10.8. The molecule has 0 saturated heterocycles. The number of fused-ring (bicyclic) bond motifs is 1. The minimum atomic E-state index is 0.246. The number of aldehydes is 1. The van der Waals surface area contributed by atoms with E-state index in [1.165, 1.54) is 23.1 Å². The summed E-state index contributed by atoms with van der Waals surface area (Å²) in [5.41, 5.74) is 0. The van der Waals surface area contributed by atoms with E-state index in [-0.39, 0.29) is 5.75 Å². The molecule has 1 N–H and O–H groups in total. The summed E-state index contributed by atoms with van der Waals surface area (Å²) in [5.74, 6) is 0.246. The molecule has 0 spiro atoms. The van der Waals surface area contributed by atoms with E-state index in [1.807, 2.05) is 12.3 Å². The molecule has 14 heavy (non-hydrogen) atoms. The molecule has 0 fully saturated rings. The Balaban J connectivity index is 2.88. The van der Waals surface area contributed by atoms with E-state index in [4.69, 9.17) is 0 Å². The van der Waals surface area contributed by atoms with Crippen molar-refractivity contribution >= 4 is 39.5 Å². The van der Waals surface area contributed by atoms with Gasteiger partial charge in [0.15, 0.2) is 6.29 Å². The summed E-state index contributed by atoms with van der Waals surface area (Å²) in [4.78, 5) is 12.3. The van der Waals surface area contributed by atoms with Gasteiger partial charge >= 0.3 is 0 Å². The second kappa shape index (κ2) is 3.63. The zero-order valence-electron chi connectivity index (χ0n) is 7.48. The third-order valence-corrected chi connectivity index (χ3v) is 4.03. The lowest BCUT2D eigenvalue weighted by Gasteiger charge is -1.97. The number of benzene rings is 1. The van der Waals surface area contributed by atoms with E-state index in [0.29, 0.717) is 4.88 Å². The first-order chi connectivity index (χ1) is 6.77. The third-order valence-electron chi connectivity index (χ3n) is 1.99. The topological polar surface area (TPSA) is 37.3 Å². The first kappa shape index (κ1) is 9.55. The van der Waals surface area contributed by atoms with Crippen LogP contribution in [0.1, 0.15) is 9.67 Å². The summed E-state index contributed by atoms with van der Waals surface area (Å²) < 4.78 is 0.955. The number of hydrogen-bond donors (Lipinski definition) is 1. The van der Waals surface area contributed by atoms with Gasteiger partial charge in [-0.25, -0.2) is 0 Å². The minimum Gasteiger partial charge on any atom is -0.507 e. The van der Waals surface area contributed by atoms with Crippen molar-refractivity contribution < 1.29 is 9.90 Å². The highest BCUT2D eigenvalue weighted by atomic mass is 32.2. The molecule has 0 bridgehead atoms. The number of carbonyl (C=O) groups is 1. The fraction of sp³-hybridized carbons (Fsp3) is 0.100. The average molecular weight is 224 g/mol. The molecule has 0 atom stereocenters. The summed E-state index contributed by atoms with van der Waals surface area (Å²) >= 11 is 2.90. The Morgan fingerprint density at radius 1 is 1.50 bits per heavy atom. The maximum absolute atomic E-state index is 10.8. The quantitative estimate of drug-likeness (QED) is 0.629. The predicted molar refractivity (Wildman–Crippen MR) is 60.7 cm³/mol. The number of hydrogen-bond acceptors (Lipinski definition) is 4. The molecule has 0 amide bonds. The molecule has 1 heterocycles. The van der Waals surface area contributed by atoms with Crippen LogP contribution < -0.4 is 0 Å². The van der Waals surface area contributed by atoms with Crippen LogP contribution in [0.2, 0.25) is 0 Å². The first-order valence-electron chi connectivity index (χ1n) is 4.01. The van der Waals surface area contributed by atoms with Gasteiger partial charge in [-0.15, -0.1) is 23.1 Å². The van der Waals surface area contributed by atoms with E-state index in [9.17, 15) is 9.90 Å². The highest BCUT2D eigenvalue weighted by molar-refractivity contribution is 7.99. The van der Waals surface area contributed by atoms with Crippen molar-refractivity contribution in [2.45, 2.75) is 4.90 Å². The van der Waals surface area contributed by atoms with Crippen LogP contribution in [0.4, 0.5) is 0 Å². The van der Waals surface area contributed by atoms with Gasteiger partial charge in [-0.05, 0) is 18.4 Å². The van der Waals surface area contributed by atoms with E-state index in [2.05, 4.69) is 0 Å². The van der Waals surface area contributed by atoms with Gasteiger partial charge in [0.2, 0.25) is 0 Å². The number of phenols is 1. The highest BCUT2D eigenvalue weighted by Crippen LogP contribution is 2.40. The molecule has 0 unspecified atom stereocenters. The van der Waals surface area contributed by atoms with Crippen LogP contribution in [-0.2, 0) is 0 Å². The monoisotopic (exact) mass is 224 g/mol. The molecule has 4 heteroatoms. The third kappa shape index (κ3) is 1.31. The molecule has 0 aliphatic heterocycles. The fourth-order valence-electron chi connectivity index (χ4n) is 1.40. The maximum Gasteiger partial charge on any atom is 0.161 e. The lowest BCUT2D eigenvalue weighted by Crippen LogP contribution is -1.75. The van der Waals surface area contributed by atoms with Crippen molar-refractivity contribution in [3.63, 3.8) is 0 Å². The molecule has 72 valence electrons. The Hall–Kier alpha value is -1.00. The molecule has 0 aliphatic carbocycles. The van der Waals surface area contributed by atoms with Gasteiger partial charge in [0, 0.05) is 15.0 Å². The standard InChI is InChI=1S/C10H8O2S2/c1-13-10-8(5-11)14-7-4-2-3-6(12)9(7)10/h2-5,12H,1H3. The number of carbonyl (C=O) groups excluding carboxylic acids is 1. The second-order valence-electron chi connectivity index (χ2n) is 2.77.